The minimum atomic E-state index is -1.34. The first kappa shape index (κ1) is 16.9. The standard InChI is InChI=1S/C10H18OSi2.C4H6O/c1-12(11-13(2,3)4)10-8-6-5-7-9-10;1-3-5-4-2/h5-9,12H,1-4H3;3-4H,1-2H2. The number of hydrogen-bond acceptors (Lipinski definition) is 2. The fraction of sp³-hybridized carbons (Fsp3) is 0.286. The summed E-state index contributed by atoms with van der Waals surface area (Å²) in [5.41, 5.74) is 0. The molecule has 0 radical (unpaired) electrons. The number of hydrogen-bond donors (Lipinski definition) is 0. The molecule has 0 aliphatic heterocycles. The average molecular weight is 281 g/mol. The van der Waals surface area contributed by atoms with Gasteiger partial charge in [0.1, 0.15) is 0 Å². The zero-order valence-electron chi connectivity index (χ0n) is 11.8. The Morgan fingerprint density at radius 2 is 1.56 bits per heavy atom. The van der Waals surface area contributed by atoms with Crippen molar-refractivity contribution in [3.63, 3.8) is 0 Å². The summed E-state index contributed by atoms with van der Waals surface area (Å²) in [6.07, 6.45) is 2.62. The summed E-state index contributed by atoms with van der Waals surface area (Å²) in [5, 5.41) is 1.41. The van der Waals surface area contributed by atoms with Crippen LogP contribution in [0.4, 0.5) is 0 Å². The Balaban J connectivity index is 0.000000494. The van der Waals surface area contributed by atoms with Crippen LogP contribution in [0.15, 0.2) is 56.0 Å². The topological polar surface area (TPSA) is 18.5 Å². The molecular formula is C14H24O2Si2. The summed E-state index contributed by atoms with van der Waals surface area (Å²) in [4.78, 5) is 0. The fourth-order valence-corrected chi connectivity index (χ4v) is 6.94. The fourth-order valence-electron chi connectivity index (χ4n) is 1.39. The van der Waals surface area contributed by atoms with Crippen LogP contribution in [-0.4, -0.2) is 17.4 Å². The molecule has 0 bridgehead atoms. The van der Waals surface area contributed by atoms with Crippen molar-refractivity contribution in [3.8, 4) is 0 Å². The second kappa shape index (κ2) is 8.91. The molecular weight excluding hydrogens is 256 g/mol. The van der Waals surface area contributed by atoms with Crippen LogP contribution in [0.25, 0.3) is 0 Å². The summed E-state index contributed by atoms with van der Waals surface area (Å²) >= 11 is 0. The molecule has 0 N–H and O–H groups in total. The van der Waals surface area contributed by atoms with Gasteiger partial charge >= 0.3 is 0 Å². The van der Waals surface area contributed by atoms with E-state index >= 15 is 0 Å². The minimum absolute atomic E-state index is 1.12. The molecule has 0 amide bonds. The van der Waals surface area contributed by atoms with E-state index in [2.05, 4.69) is 74.4 Å². The van der Waals surface area contributed by atoms with Gasteiger partial charge in [-0.3, -0.25) is 0 Å². The lowest BCUT2D eigenvalue weighted by atomic mass is 10.4. The van der Waals surface area contributed by atoms with Crippen LogP contribution in [0.5, 0.6) is 0 Å². The highest BCUT2D eigenvalue weighted by Crippen LogP contribution is 2.04. The molecule has 100 valence electrons. The van der Waals surface area contributed by atoms with Crippen LogP contribution in [0, 0.1) is 0 Å². The molecule has 0 fully saturated rings. The van der Waals surface area contributed by atoms with Crippen LogP contribution in [0.3, 0.4) is 0 Å². The lowest BCUT2D eigenvalue weighted by Gasteiger charge is -2.23. The summed E-state index contributed by atoms with van der Waals surface area (Å²) in [6, 6.07) is 10.6. The van der Waals surface area contributed by atoms with Crippen molar-refractivity contribution in [3.05, 3.63) is 56.0 Å². The molecule has 0 heterocycles. The van der Waals surface area contributed by atoms with Crippen molar-refractivity contribution in [1.82, 2.24) is 0 Å². The first-order chi connectivity index (χ1) is 8.40. The van der Waals surface area contributed by atoms with E-state index < -0.39 is 17.4 Å². The Labute approximate surface area is 114 Å². The van der Waals surface area contributed by atoms with Gasteiger partial charge in [0, 0.05) is 0 Å². The number of benzene rings is 1. The van der Waals surface area contributed by atoms with Gasteiger partial charge in [0.05, 0.1) is 12.5 Å². The van der Waals surface area contributed by atoms with Gasteiger partial charge in [0.2, 0.25) is 0 Å². The molecule has 0 spiro atoms. The van der Waals surface area contributed by atoms with Gasteiger partial charge in [-0.05, 0) is 31.4 Å². The lowest BCUT2D eigenvalue weighted by Crippen LogP contribution is -2.40. The SMILES string of the molecule is C=COC=C.C[SiH](O[Si](C)(C)C)c1ccccc1. The highest BCUT2D eigenvalue weighted by Gasteiger charge is 2.19. The Morgan fingerprint density at radius 1 is 1.06 bits per heavy atom. The number of rotatable bonds is 5. The Kier molecular flexibility index (Phi) is 8.36. The van der Waals surface area contributed by atoms with Crippen LogP contribution < -0.4 is 5.19 Å². The molecule has 0 aromatic heterocycles. The Bertz CT molecular complexity index is 339. The van der Waals surface area contributed by atoms with Gasteiger partial charge in [-0.25, -0.2) is 0 Å². The maximum atomic E-state index is 6.10. The number of ether oxygens (including phenoxy) is 1. The van der Waals surface area contributed by atoms with Crippen LogP contribution in [0.1, 0.15) is 0 Å². The predicted octanol–water partition coefficient (Wildman–Crippen LogP) is 3.39. The van der Waals surface area contributed by atoms with Crippen LogP contribution in [-0.2, 0) is 8.85 Å². The quantitative estimate of drug-likeness (QED) is 0.608. The van der Waals surface area contributed by atoms with Gasteiger partial charge in [0.25, 0.3) is 0 Å². The lowest BCUT2D eigenvalue weighted by molar-refractivity contribution is 0.406. The van der Waals surface area contributed by atoms with Crippen molar-refractivity contribution < 1.29 is 8.85 Å². The van der Waals surface area contributed by atoms with E-state index in [0.29, 0.717) is 0 Å². The predicted molar refractivity (Wildman–Crippen MR) is 85.0 cm³/mol. The van der Waals surface area contributed by atoms with E-state index in [1.165, 1.54) is 17.7 Å². The molecule has 1 unspecified atom stereocenters. The second-order valence-corrected chi connectivity index (χ2v) is 11.9. The third kappa shape index (κ3) is 8.98. The largest absolute Gasteiger partial charge is 0.474 e. The van der Waals surface area contributed by atoms with Gasteiger partial charge < -0.3 is 8.85 Å². The molecule has 1 atom stereocenters. The first-order valence-electron chi connectivity index (χ1n) is 6.00. The molecule has 4 heteroatoms. The van der Waals surface area contributed by atoms with E-state index in [1.54, 1.807) is 0 Å². The molecule has 18 heavy (non-hydrogen) atoms. The smallest absolute Gasteiger partial charge is 0.192 e. The maximum Gasteiger partial charge on any atom is 0.192 e. The summed E-state index contributed by atoms with van der Waals surface area (Å²) < 4.78 is 10.5. The third-order valence-corrected chi connectivity index (χ3v) is 7.56. The zero-order valence-corrected chi connectivity index (χ0v) is 14.0. The maximum absolute atomic E-state index is 6.10. The van der Waals surface area contributed by atoms with Crippen molar-refractivity contribution in [2.75, 3.05) is 0 Å². The average Bonchev–Trinajstić information content (AvgIpc) is 2.30. The second-order valence-electron chi connectivity index (χ2n) is 4.75. The molecule has 0 aliphatic rings. The van der Waals surface area contributed by atoms with Crippen LogP contribution >= 0.6 is 0 Å². The van der Waals surface area contributed by atoms with Crippen molar-refractivity contribution in [1.29, 1.82) is 0 Å². The molecule has 1 aromatic carbocycles. The van der Waals surface area contributed by atoms with E-state index in [4.69, 9.17) is 4.12 Å². The van der Waals surface area contributed by atoms with Gasteiger partial charge in [0.15, 0.2) is 17.4 Å². The van der Waals surface area contributed by atoms with E-state index in [-0.39, 0.29) is 0 Å². The van der Waals surface area contributed by atoms with Gasteiger partial charge in [-0.15, -0.1) is 0 Å². The van der Waals surface area contributed by atoms with Crippen molar-refractivity contribution in [2.45, 2.75) is 26.2 Å². The van der Waals surface area contributed by atoms with Gasteiger partial charge in [-0.2, -0.15) is 0 Å². The third-order valence-electron chi connectivity index (χ3n) is 1.99. The van der Waals surface area contributed by atoms with Crippen molar-refractivity contribution >= 4 is 22.5 Å². The first-order valence-corrected chi connectivity index (χ1v) is 11.6. The van der Waals surface area contributed by atoms with Crippen molar-refractivity contribution in [2.24, 2.45) is 0 Å². The monoisotopic (exact) mass is 280 g/mol. The molecule has 1 rings (SSSR count). The molecule has 0 aliphatic carbocycles. The minimum Gasteiger partial charge on any atom is -0.474 e. The molecule has 0 saturated heterocycles. The normalized spacial score (nSPS) is 11.8. The molecule has 2 nitrogen and oxygen atoms in total. The van der Waals surface area contributed by atoms with E-state index in [9.17, 15) is 0 Å². The highest BCUT2D eigenvalue weighted by molar-refractivity contribution is 6.81. The van der Waals surface area contributed by atoms with Gasteiger partial charge in [-0.1, -0.05) is 43.5 Å². The molecule has 0 saturated carbocycles. The van der Waals surface area contributed by atoms with E-state index in [0.717, 1.165) is 0 Å². The van der Waals surface area contributed by atoms with Crippen LogP contribution in [0.2, 0.25) is 26.2 Å². The summed E-state index contributed by atoms with van der Waals surface area (Å²) in [6.45, 7) is 15.5. The zero-order chi connectivity index (χ0) is 14.0. The summed E-state index contributed by atoms with van der Waals surface area (Å²) in [5.74, 6) is 0. The Morgan fingerprint density at radius 3 is 1.89 bits per heavy atom. The molecule has 1 aromatic rings. The van der Waals surface area contributed by atoms with E-state index in [1.807, 2.05) is 0 Å². The highest BCUT2D eigenvalue weighted by atomic mass is 28.4. The summed E-state index contributed by atoms with van der Waals surface area (Å²) in [7, 11) is -2.47. The Hall–Kier alpha value is -1.11.